The third-order valence-electron chi connectivity index (χ3n) is 3.95. The lowest BCUT2D eigenvalue weighted by molar-refractivity contribution is 0.0947. The van der Waals surface area contributed by atoms with E-state index in [-0.39, 0.29) is 30.6 Å². The number of hydrogen-bond donors (Lipinski definition) is 2. The van der Waals surface area contributed by atoms with Gasteiger partial charge in [-0.25, -0.2) is 13.8 Å². The zero-order chi connectivity index (χ0) is 20.6. The zero-order valence-corrected chi connectivity index (χ0v) is 15.6. The summed E-state index contributed by atoms with van der Waals surface area (Å²) in [6.45, 7) is 0.548. The van der Waals surface area contributed by atoms with Gasteiger partial charge in [-0.1, -0.05) is 6.07 Å². The minimum Gasteiger partial charge on any atom is -0.497 e. The molecule has 3 rings (SSSR count). The molecule has 1 heterocycles. The van der Waals surface area contributed by atoms with Gasteiger partial charge in [0.2, 0.25) is 0 Å². The normalized spacial score (nSPS) is 10.3. The number of carbonyl (C=O) groups is 1. The highest BCUT2D eigenvalue weighted by Crippen LogP contribution is 2.22. The largest absolute Gasteiger partial charge is 0.497 e. The van der Waals surface area contributed by atoms with Gasteiger partial charge >= 0.3 is 0 Å². The number of ether oxygens (including phenoxy) is 2. The predicted octanol–water partition coefficient (Wildman–Crippen LogP) is 3.92. The van der Waals surface area contributed by atoms with E-state index in [0.717, 1.165) is 17.9 Å². The third kappa shape index (κ3) is 5.41. The van der Waals surface area contributed by atoms with Gasteiger partial charge in [0.15, 0.2) is 0 Å². The van der Waals surface area contributed by atoms with Crippen molar-refractivity contribution in [3.8, 4) is 11.5 Å². The highest BCUT2D eigenvalue weighted by Gasteiger charge is 2.11. The summed E-state index contributed by atoms with van der Waals surface area (Å²) >= 11 is 0. The monoisotopic (exact) mass is 399 g/mol. The lowest BCUT2D eigenvalue weighted by atomic mass is 10.2. The first-order chi connectivity index (χ1) is 14.1. The average Bonchev–Trinajstić information content (AvgIpc) is 2.74. The number of rotatable bonds is 8. The smallest absolute Gasteiger partial charge is 0.251 e. The number of nitrogens with zero attached hydrogens (tertiary/aromatic N) is 1. The molecule has 150 valence electrons. The van der Waals surface area contributed by atoms with Crippen LogP contribution in [0.15, 0.2) is 60.8 Å². The lowest BCUT2D eigenvalue weighted by Gasteiger charge is -2.10. The molecule has 2 N–H and O–H groups in total. The first-order valence-electron chi connectivity index (χ1n) is 8.79. The Bertz CT molecular complexity index is 961. The standard InChI is InChI=1S/C21H19F2N3O3/c1-28-15-5-7-16(8-6-15)29-12-11-25-21(27)14-9-10-24-19(13-14)26-20-17(22)3-2-4-18(20)23/h2-10,13H,11-12H2,1H3,(H,24,26)(H,25,27). The van der Waals surface area contributed by atoms with Crippen LogP contribution in [0.4, 0.5) is 20.3 Å². The second kappa shape index (κ2) is 9.50. The molecule has 0 aliphatic carbocycles. The van der Waals surface area contributed by atoms with E-state index in [2.05, 4.69) is 15.6 Å². The van der Waals surface area contributed by atoms with Crippen LogP contribution in [0.3, 0.4) is 0 Å². The summed E-state index contributed by atoms with van der Waals surface area (Å²) in [5, 5.41) is 5.27. The van der Waals surface area contributed by atoms with Crippen LogP contribution in [0.2, 0.25) is 0 Å². The molecule has 0 atom stereocenters. The van der Waals surface area contributed by atoms with Crippen LogP contribution in [0.1, 0.15) is 10.4 Å². The summed E-state index contributed by atoms with van der Waals surface area (Å²) in [7, 11) is 1.58. The predicted molar refractivity (Wildman–Crippen MR) is 105 cm³/mol. The number of halogens is 2. The van der Waals surface area contributed by atoms with Crippen molar-refractivity contribution in [3.63, 3.8) is 0 Å². The highest BCUT2D eigenvalue weighted by molar-refractivity contribution is 5.94. The van der Waals surface area contributed by atoms with Crippen molar-refractivity contribution in [3.05, 3.63) is 78.0 Å². The van der Waals surface area contributed by atoms with Gasteiger partial charge < -0.3 is 20.1 Å². The van der Waals surface area contributed by atoms with E-state index in [1.54, 1.807) is 31.4 Å². The summed E-state index contributed by atoms with van der Waals surface area (Å²) in [5.41, 5.74) is -0.0332. The van der Waals surface area contributed by atoms with E-state index in [0.29, 0.717) is 11.3 Å². The Labute approximate surface area is 166 Å². The van der Waals surface area contributed by atoms with Crippen molar-refractivity contribution in [1.82, 2.24) is 10.3 Å². The van der Waals surface area contributed by atoms with Crippen LogP contribution in [0.5, 0.6) is 11.5 Å². The maximum absolute atomic E-state index is 13.8. The van der Waals surface area contributed by atoms with Crippen molar-refractivity contribution in [2.75, 3.05) is 25.6 Å². The Kier molecular flexibility index (Phi) is 6.57. The average molecular weight is 399 g/mol. The number of amides is 1. The number of methoxy groups -OCH3 is 1. The molecule has 0 radical (unpaired) electrons. The Morgan fingerprint density at radius 1 is 1.03 bits per heavy atom. The minimum atomic E-state index is -0.752. The lowest BCUT2D eigenvalue weighted by Crippen LogP contribution is -2.28. The first-order valence-corrected chi connectivity index (χ1v) is 8.79. The summed E-state index contributed by atoms with van der Waals surface area (Å²) in [5.74, 6) is -0.334. The van der Waals surface area contributed by atoms with Crippen molar-refractivity contribution in [1.29, 1.82) is 0 Å². The Morgan fingerprint density at radius 2 is 1.72 bits per heavy atom. The Balaban J connectivity index is 1.53. The van der Waals surface area contributed by atoms with Gasteiger partial charge in [-0.15, -0.1) is 0 Å². The minimum absolute atomic E-state index is 0.149. The van der Waals surface area contributed by atoms with Gasteiger partial charge in [-0.2, -0.15) is 0 Å². The fourth-order valence-corrected chi connectivity index (χ4v) is 2.49. The molecular weight excluding hydrogens is 380 g/mol. The Morgan fingerprint density at radius 3 is 2.41 bits per heavy atom. The van der Waals surface area contributed by atoms with Crippen LogP contribution in [-0.4, -0.2) is 31.2 Å². The molecule has 3 aromatic rings. The van der Waals surface area contributed by atoms with Crippen LogP contribution in [0.25, 0.3) is 0 Å². The molecule has 29 heavy (non-hydrogen) atoms. The number of anilines is 2. The molecule has 0 saturated carbocycles. The number of pyridine rings is 1. The zero-order valence-electron chi connectivity index (χ0n) is 15.6. The molecular formula is C21H19F2N3O3. The van der Waals surface area contributed by atoms with E-state index in [1.165, 1.54) is 24.4 Å². The molecule has 1 aromatic heterocycles. The summed E-state index contributed by atoms with van der Waals surface area (Å²) < 4.78 is 38.1. The Hall–Kier alpha value is -3.68. The number of carbonyl (C=O) groups excluding carboxylic acids is 1. The molecule has 0 fully saturated rings. The van der Waals surface area contributed by atoms with Crippen molar-refractivity contribution in [2.24, 2.45) is 0 Å². The number of aromatic nitrogens is 1. The summed E-state index contributed by atoms with van der Waals surface area (Å²) in [6.07, 6.45) is 1.38. The quantitative estimate of drug-likeness (QED) is 0.562. The molecule has 0 aliphatic heterocycles. The van der Waals surface area contributed by atoms with Crippen molar-refractivity contribution in [2.45, 2.75) is 0 Å². The summed E-state index contributed by atoms with van der Waals surface area (Å²) in [4.78, 5) is 16.3. The first kappa shape index (κ1) is 20.1. The van der Waals surface area contributed by atoms with E-state index < -0.39 is 11.6 Å². The molecule has 0 saturated heterocycles. The van der Waals surface area contributed by atoms with Gasteiger partial charge in [0, 0.05) is 11.8 Å². The van der Waals surface area contributed by atoms with Crippen LogP contribution < -0.4 is 20.1 Å². The van der Waals surface area contributed by atoms with Crippen LogP contribution in [-0.2, 0) is 0 Å². The number of para-hydroxylation sites is 1. The maximum atomic E-state index is 13.8. The van der Waals surface area contributed by atoms with Gasteiger partial charge in [0.1, 0.15) is 41.2 Å². The van der Waals surface area contributed by atoms with Crippen molar-refractivity contribution >= 4 is 17.4 Å². The highest BCUT2D eigenvalue weighted by atomic mass is 19.1. The van der Waals surface area contributed by atoms with Gasteiger partial charge in [0.25, 0.3) is 5.91 Å². The second-order valence-corrected chi connectivity index (χ2v) is 5.93. The van der Waals surface area contributed by atoms with Gasteiger partial charge in [-0.05, 0) is 48.5 Å². The number of nitrogens with one attached hydrogen (secondary N) is 2. The maximum Gasteiger partial charge on any atom is 0.251 e. The SMILES string of the molecule is COc1ccc(OCCNC(=O)c2ccnc(Nc3c(F)cccc3F)c2)cc1. The topological polar surface area (TPSA) is 72.5 Å². The van der Waals surface area contributed by atoms with Crippen molar-refractivity contribution < 1.29 is 23.0 Å². The molecule has 0 aliphatic rings. The molecule has 8 heteroatoms. The number of hydrogen-bond acceptors (Lipinski definition) is 5. The summed E-state index contributed by atoms with van der Waals surface area (Å²) in [6, 6.07) is 13.5. The van der Waals surface area contributed by atoms with E-state index in [9.17, 15) is 13.6 Å². The third-order valence-corrected chi connectivity index (χ3v) is 3.95. The fraction of sp³-hybridized carbons (Fsp3) is 0.143. The molecule has 6 nitrogen and oxygen atoms in total. The van der Waals surface area contributed by atoms with E-state index in [1.807, 2.05) is 0 Å². The molecule has 2 aromatic carbocycles. The fourth-order valence-electron chi connectivity index (χ4n) is 2.49. The number of benzene rings is 2. The molecule has 0 unspecified atom stereocenters. The van der Waals surface area contributed by atoms with E-state index in [4.69, 9.17) is 9.47 Å². The second-order valence-electron chi connectivity index (χ2n) is 5.93. The van der Waals surface area contributed by atoms with Gasteiger partial charge in [0.05, 0.1) is 13.7 Å². The van der Waals surface area contributed by atoms with E-state index >= 15 is 0 Å². The molecule has 0 bridgehead atoms. The molecule has 0 spiro atoms. The van der Waals surface area contributed by atoms with Gasteiger partial charge in [-0.3, -0.25) is 4.79 Å². The molecule has 1 amide bonds. The van der Waals surface area contributed by atoms with Crippen LogP contribution >= 0.6 is 0 Å². The van der Waals surface area contributed by atoms with Crippen LogP contribution in [0, 0.1) is 11.6 Å².